The van der Waals surface area contributed by atoms with Gasteiger partial charge in [-0.1, -0.05) is 67.4 Å². The molecule has 0 atom stereocenters. The lowest BCUT2D eigenvalue weighted by Gasteiger charge is -2.17. The summed E-state index contributed by atoms with van der Waals surface area (Å²) in [4.78, 5) is 18.7. The second-order valence-corrected chi connectivity index (χ2v) is 10.8. The molecule has 0 bridgehead atoms. The third-order valence-corrected chi connectivity index (χ3v) is 7.54. The summed E-state index contributed by atoms with van der Waals surface area (Å²) >= 11 is 12.2. The Kier molecular flexibility index (Phi) is 8.43. The van der Waals surface area contributed by atoms with Gasteiger partial charge in [0.15, 0.2) is 5.82 Å². The number of methoxy groups -OCH3 is 1. The maximum absolute atomic E-state index is 13.8. The van der Waals surface area contributed by atoms with E-state index < -0.39 is 0 Å². The van der Waals surface area contributed by atoms with Gasteiger partial charge in [-0.25, -0.2) is 4.98 Å². The Balaban J connectivity index is 1.60. The summed E-state index contributed by atoms with van der Waals surface area (Å²) in [6.45, 7) is 6.47. The molecule has 0 aliphatic rings. The quantitative estimate of drug-likeness (QED) is 0.172. The average molecular weight is 587 g/mol. The number of hydrogen-bond donors (Lipinski definition) is 0. The van der Waals surface area contributed by atoms with Crippen molar-refractivity contribution in [3.05, 3.63) is 122 Å². The number of halogens is 2. The van der Waals surface area contributed by atoms with Crippen molar-refractivity contribution in [3.63, 3.8) is 0 Å². The molecule has 41 heavy (non-hydrogen) atoms. The number of para-hydroxylation sites is 2. The number of fused-ring (bicyclic) bond motifs is 1. The highest BCUT2D eigenvalue weighted by Gasteiger charge is 2.18. The molecule has 0 aliphatic heterocycles. The summed E-state index contributed by atoms with van der Waals surface area (Å²) in [6, 6.07) is 24.2. The van der Waals surface area contributed by atoms with Crippen LogP contribution in [0.25, 0.3) is 22.3 Å². The molecule has 5 rings (SSSR count). The Morgan fingerprint density at radius 2 is 1.71 bits per heavy atom. The minimum absolute atomic E-state index is 0.202. The van der Waals surface area contributed by atoms with Gasteiger partial charge in [-0.2, -0.15) is 9.78 Å². The predicted octanol–water partition coefficient (Wildman–Crippen LogP) is 8.27. The lowest BCUT2D eigenvalue weighted by atomic mass is 9.96. The van der Waals surface area contributed by atoms with Crippen molar-refractivity contribution < 1.29 is 9.47 Å². The molecule has 0 spiro atoms. The minimum Gasteiger partial charge on any atom is -0.496 e. The molecule has 0 radical (unpaired) electrons. The van der Waals surface area contributed by atoms with Crippen LogP contribution in [-0.2, 0) is 6.61 Å². The van der Waals surface area contributed by atoms with E-state index in [4.69, 9.17) is 37.7 Å². The fourth-order valence-electron chi connectivity index (χ4n) is 4.60. The zero-order valence-corrected chi connectivity index (χ0v) is 24.7. The summed E-state index contributed by atoms with van der Waals surface area (Å²) in [6.07, 6.45) is 1.62. The molecule has 4 aromatic carbocycles. The Morgan fingerprint density at radius 1 is 0.951 bits per heavy atom. The second-order valence-electron chi connectivity index (χ2n) is 9.95. The van der Waals surface area contributed by atoms with E-state index in [9.17, 15) is 4.79 Å². The lowest BCUT2D eigenvalue weighted by molar-refractivity contribution is 0.306. The minimum atomic E-state index is -0.266. The molecule has 1 heterocycles. The summed E-state index contributed by atoms with van der Waals surface area (Å²) < 4.78 is 13.1. The summed E-state index contributed by atoms with van der Waals surface area (Å²) in [5, 5.41) is 6.10. The van der Waals surface area contributed by atoms with Crippen molar-refractivity contribution in [2.75, 3.05) is 7.11 Å². The molecule has 0 unspecified atom stereocenters. The third kappa shape index (κ3) is 5.99. The Hall–Kier alpha value is -4.13. The van der Waals surface area contributed by atoms with Crippen molar-refractivity contribution in [3.8, 4) is 22.9 Å². The molecule has 208 valence electrons. The van der Waals surface area contributed by atoms with Crippen molar-refractivity contribution in [2.24, 2.45) is 5.10 Å². The van der Waals surface area contributed by atoms with E-state index in [1.54, 1.807) is 31.5 Å². The summed E-state index contributed by atoms with van der Waals surface area (Å²) in [5.41, 5.74) is 4.66. The maximum Gasteiger partial charge on any atom is 0.282 e. The first kappa shape index (κ1) is 28.4. The van der Waals surface area contributed by atoms with Gasteiger partial charge in [0.05, 0.1) is 34.3 Å². The van der Waals surface area contributed by atoms with Crippen molar-refractivity contribution in [2.45, 2.75) is 33.3 Å². The number of hydrogen-bond acceptors (Lipinski definition) is 5. The van der Waals surface area contributed by atoms with Crippen LogP contribution < -0.4 is 15.0 Å². The zero-order chi connectivity index (χ0) is 29.1. The van der Waals surface area contributed by atoms with Crippen LogP contribution in [0.2, 0.25) is 10.0 Å². The van der Waals surface area contributed by atoms with Gasteiger partial charge in [0.2, 0.25) is 0 Å². The number of ether oxygens (including phenoxy) is 2. The van der Waals surface area contributed by atoms with E-state index in [1.165, 1.54) is 4.68 Å². The van der Waals surface area contributed by atoms with Crippen LogP contribution in [0.3, 0.4) is 0 Å². The highest BCUT2D eigenvalue weighted by molar-refractivity contribution is 6.42. The van der Waals surface area contributed by atoms with Crippen LogP contribution in [0.5, 0.6) is 11.5 Å². The van der Waals surface area contributed by atoms with Crippen molar-refractivity contribution in [1.29, 1.82) is 0 Å². The second kappa shape index (κ2) is 12.2. The Labute approximate surface area is 248 Å². The molecule has 1 aromatic heterocycles. The van der Waals surface area contributed by atoms with Crippen LogP contribution in [0.4, 0.5) is 0 Å². The van der Waals surface area contributed by atoms with Crippen molar-refractivity contribution in [1.82, 2.24) is 9.66 Å². The summed E-state index contributed by atoms with van der Waals surface area (Å²) in [7, 11) is 1.66. The smallest absolute Gasteiger partial charge is 0.282 e. The van der Waals surface area contributed by atoms with Crippen LogP contribution >= 0.6 is 23.2 Å². The van der Waals surface area contributed by atoms with Gasteiger partial charge in [0.25, 0.3) is 5.56 Å². The molecule has 0 fully saturated rings. The van der Waals surface area contributed by atoms with Gasteiger partial charge in [0.1, 0.15) is 18.1 Å². The fourth-order valence-corrected chi connectivity index (χ4v) is 4.92. The molecule has 0 aliphatic carbocycles. The van der Waals surface area contributed by atoms with Crippen LogP contribution in [0.15, 0.2) is 88.8 Å². The molecule has 8 heteroatoms. The third-order valence-electron chi connectivity index (χ3n) is 6.80. The molecular weight excluding hydrogens is 557 g/mol. The van der Waals surface area contributed by atoms with Crippen LogP contribution in [-0.4, -0.2) is 23.0 Å². The Bertz CT molecular complexity index is 1830. The highest BCUT2D eigenvalue weighted by Crippen LogP contribution is 2.34. The molecule has 6 nitrogen and oxygen atoms in total. The first-order valence-corrected chi connectivity index (χ1v) is 13.9. The molecule has 0 N–H and O–H groups in total. The van der Waals surface area contributed by atoms with Gasteiger partial charge < -0.3 is 9.47 Å². The summed E-state index contributed by atoms with van der Waals surface area (Å²) in [5.74, 6) is 2.05. The first-order valence-electron chi connectivity index (χ1n) is 13.2. The number of aryl methyl sites for hydroxylation is 1. The van der Waals surface area contributed by atoms with E-state index in [0.717, 1.165) is 28.0 Å². The molecule has 5 aromatic rings. The number of benzene rings is 4. The van der Waals surface area contributed by atoms with Gasteiger partial charge >= 0.3 is 0 Å². The van der Waals surface area contributed by atoms with E-state index in [0.29, 0.717) is 38.1 Å². The molecular formula is C33H29Cl2N3O3. The van der Waals surface area contributed by atoms with Gasteiger partial charge in [-0.15, -0.1) is 0 Å². The molecule has 0 amide bonds. The SMILES string of the molecule is COc1cc(C)c(-c2nc3ccccc3c(=O)n2N=Cc2ccccc2OCc2ccc(Cl)c(Cl)c2)cc1C(C)C. The number of rotatable bonds is 8. The topological polar surface area (TPSA) is 65.7 Å². The van der Waals surface area contributed by atoms with Gasteiger partial charge in [-0.05, 0) is 78.1 Å². The van der Waals surface area contributed by atoms with Gasteiger partial charge in [0, 0.05) is 11.1 Å². The normalized spacial score (nSPS) is 11.5. The lowest BCUT2D eigenvalue weighted by Crippen LogP contribution is -2.21. The zero-order valence-electron chi connectivity index (χ0n) is 23.2. The van der Waals surface area contributed by atoms with E-state index in [-0.39, 0.29) is 18.1 Å². The number of nitrogens with zero attached hydrogens (tertiary/aromatic N) is 3. The van der Waals surface area contributed by atoms with Crippen LogP contribution in [0.1, 0.15) is 42.0 Å². The van der Waals surface area contributed by atoms with Gasteiger partial charge in [-0.3, -0.25) is 4.79 Å². The molecule has 0 saturated heterocycles. The Morgan fingerprint density at radius 3 is 2.46 bits per heavy atom. The standard InChI is InChI=1S/C33H29Cl2N3O3/c1-20(2)25-17-26(21(3)15-31(25)40-4)32-37-29-11-7-6-10-24(29)33(39)38(32)36-18-23-9-5-8-12-30(23)41-19-22-13-14-27(34)28(35)16-22/h5-18,20H,19H2,1-4H3. The fraction of sp³-hybridized carbons (Fsp3) is 0.182. The predicted molar refractivity (Wildman–Crippen MR) is 167 cm³/mol. The highest BCUT2D eigenvalue weighted by atomic mass is 35.5. The van der Waals surface area contributed by atoms with Crippen molar-refractivity contribution >= 4 is 40.3 Å². The first-order chi connectivity index (χ1) is 19.8. The molecule has 0 saturated carbocycles. The maximum atomic E-state index is 13.8. The van der Waals surface area contributed by atoms with Crippen LogP contribution in [0, 0.1) is 6.92 Å². The largest absolute Gasteiger partial charge is 0.496 e. The number of aromatic nitrogens is 2. The average Bonchev–Trinajstić information content (AvgIpc) is 2.97. The monoisotopic (exact) mass is 585 g/mol. The van der Waals surface area contributed by atoms with E-state index in [1.807, 2.05) is 67.6 Å². The van der Waals surface area contributed by atoms with E-state index >= 15 is 0 Å². The van der Waals surface area contributed by atoms with E-state index in [2.05, 4.69) is 18.9 Å².